The van der Waals surface area contributed by atoms with Gasteiger partial charge in [0.1, 0.15) is 11.5 Å². The van der Waals surface area contributed by atoms with Crippen LogP contribution in [0.1, 0.15) is 5.56 Å². The van der Waals surface area contributed by atoms with Crippen molar-refractivity contribution in [2.45, 2.75) is 0 Å². The molecule has 2 aromatic rings. The van der Waals surface area contributed by atoms with Gasteiger partial charge >= 0.3 is 0 Å². The highest BCUT2D eigenvalue weighted by Gasteiger charge is 2.10. The second-order valence-electron chi connectivity index (χ2n) is 5.32. The van der Waals surface area contributed by atoms with Crippen molar-refractivity contribution in [2.24, 2.45) is 5.10 Å². The van der Waals surface area contributed by atoms with Gasteiger partial charge in [0.2, 0.25) is 0 Å². The average molecular weight is 373 g/mol. The van der Waals surface area contributed by atoms with Gasteiger partial charge in [-0.25, -0.2) is 5.43 Å². The van der Waals surface area contributed by atoms with E-state index in [0.717, 1.165) is 11.4 Å². The topological polar surface area (TPSA) is 90.4 Å². The molecular weight excluding hydrogens is 350 g/mol. The lowest BCUT2D eigenvalue weighted by Gasteiger charge is -2.11. The predicted octanol–water partition coefficient (Wildman–Crippen LogP) is 2.28. The molecule has 0 spiro atoms. The number of methoxy groups -OCH3 is 4. The van der Waals surface area contributed by atoms with E-state index in [2.05, 4.69) is 15.8 Å². The Morgan fingerprint density at radius 2 is 1.56 bits per heavy atom. The van der Waals surface area contributed by atoms with Crippen molar-refractivity contribution < 1.29 is 23.7 Å². The Morgan fingerprint density at radius 1 is 0.926 bits per heavy atom. The zero-order valence-electron chi connectivity index (χ0n) is 15.7. The molecule has 27 heavy (non-hydrogen) atoms. The average Bonchev–Trinajstić information content (AvgIpc) is 2.72. The van der Waals surface area contributed by atoms with Gasteiger partial charge in [0.25, 0.3) is 5.91 Å². The molecule has 0 radical (unpaired) electrons. The summed E-state index contributed by atoms with van der Waals surface area (Å²) in [7, 11) is 6.22. The summed E-state index contributed by atoms with van der Waals surface area (Å²) in [6.45, 7) is 0.0761. The Morgan fingerprint density at radius 3 is 2.15 bits per heavy atom. The number of carbonyl (C=O) groups excluding carboxylic acids is 1. The van der Waals surface area contributed by atoms with Crippen molar-refractivity contribution in [2.75, 3.05) is 40.3 Å². The number of hydrazone groups is 1. The lowest BCUT2D eigenvalue weighted by atomic mass is 10.2. The van der Waals surface area contributed by atoms with Gasteiger partial charge in [-0.15, -0.1) is 0 Å². The van der Waals surface area contributed by atoms with Crippen LogP contribution in [0.15, 0.2) is 41.5 Å². The van der Waals surface area contributed by atoms with Crippen molar-refractivity contribution >= 4 is 17.8 Å². The lowest BCUT2D eigenvalue weighted by Crippen LogP contribution is -2.25. The third kappa shape index (κ3) is 5.53. The predicted molar refractivity (Wildman–Crippen MR) is 103 cm³/mol. The third-order valence-corrected chi connectivity index (χ3v) is 3.67. The molecule has 1 amide bonds. The summed E-state index contributed by atoms with van der Waals surface area (Å²) >= 11 is 0. The SMILES string of the molecule is COc1ccc(NCC(=O)N/N=C\c2cc(OC)c(OC)cc2OC)cc1. The van der Waals surface area contributed by atoms with E-state index in [1.165, 1.54) is 20.4 Å². The first-order valence-electron chi connectivity index (χ1n) is 8.11. The van der Waals surface area contributed by atoms with E-state index < -0.39 is 0 Å². The molecule has 0 aliphatic carbocycles. The number of nitrogens with one attached hydrogen (secondary N) is 2. The quantitative estimate of drug-likeness (QED) is 0.518. The Kier molecular flexibility index (Phi) is 7.30. The molecule has 8 nitrogen and oxygen atoms in total. The summed E-state index contributed by atoms with van der Waals surface area (Å²) in [4.78, 5) is 11.9. The van der Waals surface area contributed by atoms with Crippen LogP contribution < -0.4 is 29.7 Å². The molecule has 8 heteroatoms. The number of nitrogens with zero attached hydrogens (tertiary/aromatic N) is 1. The Labute approximate surface area is 158 Å². The van der Waals surface area contributed by atoms with E-state index in [1.807, 2.05) is 24.3 Å². The fourth-order valence-corrected chi connectivity index (χ4v) is 2.26. The monoisotopic (exact) mass is 373 g/mol. The van der Waals surface area contributed by atoms with E-state index in [0.29, 0.717) is 22.8 Å². The first-order valence-corrected chi connectivity index (χ1v) is 8.11. The van der Waals surface area contributed by atoms with Crippen LogP contribution >= 0.6 is 0 Å². The normalized spacial score (nSPS) is 10.4. The zero-order chi connectivity index (χ0) is 19.6. The second kappa shape index (κ2) is 9.91. The molecule has 0 aliphatic heterocycles. The molecular formula is C19H23N3O5. The van der Waals surface area contributed by atoms with Gasteiger partial charge in [0.15, 0.2) is 11.5 Å². The Hall–Kier alpha value is -3.42. The standard InChI is InChI=1S/C19H23N3O5/c1-24-15-7-5-14(6-8-15)20-12-19(23)22-21-11-13-9-17(26-3)18(27-4)10-16(13)25-2/h5-11,20H,12H2,1-4H3,(H,22,23)/b21-11-. The first-order chi connectivity index (χ1) is 13.1. The van der Waals surface area contributed by atoms with Crippen molar-refractivity contribution in [3.05, 3.63) is 42.0 Å². The fraction of sp³-hybridized carbons (Fsp3) is 0.263. The van der Waals surface area contributed by atoms with Crippen LogP contribution in [-0.2, 0) is 4.79 Å². The lowest BCUT2D eigenvalue weighted by molar-refractivity contribution is -0.119. The number of benzene rings is 2. The van der Waals surface area contributed by atoms with Crippen LogP contribution in [0, 0.1) is 0 Å². The fourth-order valence-electron chi connectivity index (χ4n) is 2.26. The summed E-state index contributed by atoms with van der Waals surface area (Å²) < 4.78 is 20.9. The highest BCUT2D eigenvalue weighted by Crippen LogP contribution is 2.33. The molecule has 0 atom stereocenters. The van der Waals surface area contributed by atoms with E-state index in [-0.39, 0.29) is 12.5 Å². The number of rotatable bonds is 9. The van der Waals surface area contributed by atoms with Gasteiger partial charge in [-0.05, 0) is 30.3 Å². The maximum Gasteiger partial charge on any atom is 0.259 e. The molecule has 2 aromatic carbocycles. The van der Waals surface area contributed by atoms with E-state index >= 15 is 0 Å². The Balaban J connectivity index is 1.94. The zero-order valence-corrected chi connectivity index (χ0v) is 15.7. The number of amides is 1. The maximum atomic E-state index is 11.9. The molecule has 0 bridgehead atoms. The van der Waals surface area contributed by atoms with Crippen molar-refractivity contribution in [1.29, 1.82) is 0 Å². The minimum Gasteiger partial charge on any atom is -0.497 e. The molecule has 0 aliphatic rings. The van der Waals surface area contributed by atoms with Crippen LogP contribution in [0.3, 0.4) is 0 Å². The number of carbonyl (C=O) groups is 1. The minimum absolute atomic E-state index is 0.0761. The van der Waals surface area contributed by atoms with E-state index in [1.54, 1.807) is 26.4 Å². The molecule has 0 saturated heterocycles. The molecule has 2 rings (SSSR count). The van der Waals surface area contributed by atoms with Gasteiger partial charge < -0.3 is 24.3 Å². The van der Waals surface area contributed by atoms with Gasteiger partial charge in [0.05, 0.1) is 41.2 Å². The summed E-state index contributed by atoms with van der Waals surface area (Å²) in [6, 6.07) is 10.7. The van der Waals surface area contributed by atoms with E-state index in [9.17, 15) is 4.79 Å². The second-order valence-corrected chi connectivity index (χ2v) is 5.32. The number of ether oxygens (including phenoxy) is 4. The Bertz CT molecular complexity index is 791. The van der Waals surface area contributed by atoms with Crippen molar-refractivity contribution in [3.8, 4) is 23.0 Å². The van der Waals surface area contributed by atoms with Crippen molar-refractivity contribution in [3.63, 3.8) is 0 Å². The summed E-state index contributed by atoms with van der Waals surface area (Å²) in [5.41, 5.74) is 3.90. The molecule has 0 unspecified atom stereocenters. The molecule has 0 heterocycles. The van der Waals surface area contributed by atoms with Gasteiger partial charge in [-0.1, -0.05) is 0 Å². The smallest absolute Gasteiger partial charge is 0.259 e. The van der Waals surface area contributed by atoms with Crippen LogP contribution in [0.2, 0.25) is 0 Å². The summed E-state index contributed by atoms with van der Waals surface area (Å²) in [6.07, 6.45) is 1.48. The van der Waals surface area contributed by atoms with Gasteiger partial charge in [0, 0.05) is 17.3 Å². The minimum atomic E-state index is -0.290. The summed E-state index contributed by atoms with van der Waals surface area (Å²) in [5, 5.41) is 6.96. The summed E-state index contributed by atoms with van der Waals surface area (Å²) in [5.74, 6) is 2.08. The van der Waals surface area contributed by atoms with Crippen molar-refractivity contribution in [1.82, 2.24) is 5.43 Å². The molecule has 0 aromatic heterocycles. The van der Waals surface area contributed by atoms with Gasteiger partial charge in [-0.3, -0.25) is 4.79 Å². The molecule has 2 N–H and O–H groups in total. The van der Waals surface area contributed by atoms with Crippen LogP contribution in [-0.4, -0.2) is 47.1 Å². The molecule has 144 valence electrons. The molecule has 0 saturated carbocycles. The number of anilines is 1. The highest BCUT2D eigenvalue weighted by atomic mass is 16.5. The third-order valence-electron chi connectivity index (χ3n) is 3.67. The van der Waals surface area contributed by atoms with Crippen LogP contribution in [0.25, 0.3) is 0 Å². The first kappa shape index (κ1) is 19.9. The number of hydrogen-bond donors (Lipinski definition) is 2. The van der Waals surface area contributed by atoms with Crippen LogP contribution in [0.4, 0.5) is 5.69 Å². The molecule has 0 fully saturated rings. The van der Waals surface area contributed by atoms with Gasteiger partial charge in [-0.2, -0.15) is 5.10 Å². The maximum absolute atomic E-state index is 11.9. The van der Waals surface area contributed by atoms with Crippen LogP contribution in [0.5, 0.6) is 23.0 Å². The number of hydrogen-bond acceptors (Lipinski definition) is 7. The highest BCUT2D eigenvalue weighted by molar-refractivity contribution is 5.87. The van der Waals surface area contributed by atoms with E-state index in [4.69, 9.17) is 18.9 Å². The largest absolute Gasteiger partial charge is 0.497 e.